The summed E-state index contributed by atoms with van der Waals surface area (Å²) >= 11 is 0. The molecule has 0 fully saturated rings. The Morgan fingerprint density at radius 1 is 0.674 bits per heavy atom. The summed E-state index contributed by atoms with van der Waals surface area (Å²) in [5.41, 5.74) is -1.22. The van der Waals surface area contributed by atoms with Gasteiger partial charge < -0.3 is 9.47 Å². The Kier molecular flexibility index (Phi) is 8.64. The molecule has 4 aromatic rings. The Morgan fingerprint density at radius 3 is 1.58 bits per heavy atom. The Labute approximate surface area is 243 Å². The number of benzene rings is 4. The fourth-order valence-corrected chi connectivity index (χ4v) is 5.36. The number of ketones is 1. The Balaban J connectivity index is 1.66. The molecule has 4 aromatic carbocycles. The second-order valence-electron chi connectivity index (χ2n) is 9.80. The number of sulfone groups is 1. The maximum atomic E-state index is 14.0. The standard InChI is InChI=1S/C31H24F6O5S/c1-18(2)41-27-14-12-23(16-25(27)30(32,33)34)43(39,40)24-13-15-28(26(17-24)31(35,36)37)42-22-10-8-21(9-11-22)29(38)20-6-4-19(3)5-7-20/h4-18H,1-3H3. The molecule has 0 aliphatic carbocycles. The van der Waals surface area contributed by atoms with Crippen LogP contribution in [0, 0.1) is 6.92 Å². The van der Waals surface area contributed by atoms with E-state index in [1.807, 2.05) is 6.92 Å². The van der Waals surface area contributed by atoms with Crippen LogP contribution in [0.4, 0.5) is 26.3 Å². The lowest BCUT2D eigenvalue weighted by Crippen LogP contribution is -2.14. The maximum absolute atomic E-state index is 14.0. The highest BCUT2D eigenvalue weighted by atomic mass is 32.2. The van der Waals surface area contributed by atoms with Gasteiger partial charge in [0.05, 0.1) is 27.0 Å². The van der Waals surface area contributed by atoms with Crippen molar-refractivity contribution < 1.29 is 49.0 Å². The van der Waals surface area contributed by atoms with Crippen molar-refractivity contribution in [3.63, 3.8) is 0 Å². The largest absolute Gasteiger partial charge is 0.490 e. The van der Waals surface area contributed by atoms with Crippen LogP contribution in [0.3, 0.4) is 0 Å². The number of carbonyl (C=O) groups excluding carboxylic acids is 1. The quantitative estimate of drug-likeness (QED) is 0.145. The van der Waals surface area contributed by atoms with E-state index in [1.54, 1.807) is 24.3 Å². The van der Waals surface area contributed by atoms with Crippen molar-refractivity contribution in [2.75, 3.05) is 0 Å². The Morgan fingerprint density at radius 2 is 1.12 bits per heavy atom. The van der Waals surface area contributed by atoms with Crippen molar-refractivity contribution in [3.8, 4) is 17.2 Å². The van der Waals surface area contributed by atoms with Crippen molar-refractivity contribution in [3.05, 3.63) is 113 Å². The number of hydrogen-bond acceptors (Lipinski definition) is 5. The van der Waals surface area contributed by atoms with Crippen LogP contribution in [0.2, 0.25) is 0 Å². The van der Waals surface area contributed by atoms with Gasteiger partial charge in [-0.05, 0) is 81.4 Å². The predicted octanol–water partition coefficient (Wildman–Crippen LogP) is 8.68. The molecular formula is C31H24F6O5S. The van der Waals surface area contributed by atoms with E-state index in [0.717, 1.165) is 29.8 Å². The van der Waals surface area contributed by atoms with Crippen molar-refractivity contribution in [1.29, 1.82) is 0 Å². The summed E-state index contributed by atoms with van der Waals surface area (Å²) < 4.78 is 120. The molecule has 0 aromatic heterocycles. The minimum Gasteiger partial charge on any atom is -0.490 e. The van der Waals surface area contributed by atoms with Crippen molar-refractivity contribution in [2.45, 2.75) is 49.0 Å². The highest BCUT2D eigenvalue weighted by Crippen LogP contribution is 2.42. The average Bonchev–Trinajstić information content (AvgIpc) is 2.92. The molecule has 0 spiro atoms. The van der Waals surface area contributed by atoms with Crippen molar-refractivity contribution in [2.24, 2.45) is 0 Å². The summed E-state index contributed by atoms with van der Waals surface area (Å²) in [5.74, 6) is -1.75. The zero-order valence-electron chi connectivity index (χ0n) is 22.9. The zero-order valence-corrected chi connectivity index (χ0v) is 23.7. The van der Waals surface area contributed by atoms with Crippen LogP contribution in [-0.4, -0.2) is 20.3 Å². The van der Waals surface area contributed by atoms with Gasteiger partial charge in [0, 0.05) is 11.1 Å². The molecule has 43 heavy (non-hydrogen) atoms. The summed E-state index contributed by atoms with van der Waals surface area (Å²) in [6, 6.07) is 16.0. The molecule has 0 saturated heterocycles. The SMILES string of the molecule is Cc1ccc(C(=O)c2ccc(Oc3ccc(S(=O)(=O)c4ccc(OC(C)C)c(C(F)(F)F)c4)cc3C(F)(F)F)cc2)cc1. The highest BCUT2D eigenvalue weighted by Gasteiger charge is 2.38. The molecular weight excluding hydrogens is 598 g/mol. The first kappa shape index (κ1) is 31.6. The molecule has 0 unspecified atom stereocenters. The molecule has 0 radical (unpaired) electrons. The van der Waals surface area contributed by atoms with Gasteiger partial charge in [-0.2, -0.15) is 26.3 Å². The minimum absolute atomic E-state index is 0.0721. The summed E-state index contributed by atoms with van der Waals surface area (Å²) in [7, 11) is -4.83. The van der Waals surface area contributed by atoms with E-state index in [-0.39, 0.29) is 17.1 Å². The second-order valence-corrected chi connectivity index (χ2v) is 11.8. The van der Waals surface area contributed by atoms with Crippen LogP contribution in [0.1, 0.15) is 46.5 Å². The molecule has 0 heterocycles. The maximum Gasteiger partial charge on any atom is 0.420 e. The van der Waals surface area contributed by atoms with Crippen LogP contribution in [-0.2, 0) is 22.2 Å². The first-order valence-electron chi connectivity index (χ1n) is 12.7. The average molecular weight is 623 g/mol. The van der Waals surface area contributed by atoms with Gasteiger partial charge in [-0.3, -0.25) is 4.79 Å². The third-order valence-electron chi connectivity index (χ3n) is 6.15. The second kappa shape index (κ2) is 11.8. The van der Waals surface area contributed by atoms with Gasteiger partial charge >= 0.3 is 12.4 Å². The van der Waals surface area contributed by atoms with Gasteiger partial charge in [0.25, 0.3) is 0 Å². The Hall–Kier alpha value is -4.32. The normalized spacial score (nSPS) is 12.3. The highest BCUT2D eigenvalue weighted by molar-refractivity contribution is 7.91. The molecule has 0 bridgehead atoms. The smallest absolute Gasteiger partial charge is 0.420 e. The zero-order chi connectivity index (χ0) is 31.7. The molecule has 4 rings (SSSR count). The van der Waals surface area contributed by atoms with E-state index in [1.165, 1.54) is 38.1 Å². The van der Waals surface area contributed by atoms with E-state index in [9.17, 15) is 39.6 Å². The van der Waals surface area contributed by atoms with Gasteiger partial charge in [0.2, 0.25) is 9.84 Å². The number of hydrogen-bond donors (Lipinski definition) is 0. The van der Waals surface area contributed by atoms with Gasteiger partial charge in [-0.1, -0.05) is 29.8 Å². The third kappa shape index (κ3) is 7.19. The molecule has 0 amide bonds. The molecule has 0 aliphatic heterocycles. The fraction of sp³-hybridized carbons (Fsp3) is 0.194. The first-order valence-corrected chi connectivity index (χ1v) is 14.2. The van der Waals surface area contributed by atoms with Crippen LogP contribution in [0.15, 0.2) is 94.7 Å². The monoisotopic (exact) mass is 622 g/mol. The number of alkyl halides is 6. The van der Waals surface area contributed by atoms with Crippen LogP contribution < -0.4 is 9.47 Å². The van der Waals surface area contributed by atoms with Crippen LogP contribution >= 0.6 is 0 Å². The summed E-state index contributed by atoms with van der Waals surface area (Å²) in [4.78, 5) is 10.9. The molecule has 226 valence electrons. The van der Waals surface area contributed by atoms with E-state index < -0.39 is 60.7 Å². The molecule has 0 atom stereocenters. The summed E-state index contributed by atoms with van der Waals surface area (Å²) in [6.45, 7) is 4.82. The van der Waals surface area contributed by atoms with Crippen molar-refractivity contribution >= 4 is 15.6 Å². The lowest BCUT2D eigenvalue weighted by Gasteiger charge is -2.18. The van der Waals surface area contributed by atoms with E-state index in [2.05, 4.69) is 0 Å². The van der Waals surface area contributed by atoms with E-state index in [0.29, 0.717) is 17.7 Å². The van der Waals surface area contributed by atoms with E-state index >= 15 is 0 Å². The predicted molar refractivity (Wildman–Crippen MR) is 145 cm³/mol. The Bertz CT molecular complexity index is 1740. The summed E-state index contributed by atoms with van der Waals surface area (Å²) in [5, 5.41) is 0. The molecule has 5 nitrogen and oxygen atoms in total. The van der Waals surface area contributed by atoms with Gasteiger partial charge in [-0.25, -0.2) is 8.42 Å². The number of carbonyl (C=O) groups is 1. The van der Waals surface area contributed by atoms with Crippen molar-refractivity contribution in [1.82, 2.24) is 0 Å². The number of ether oxygens (including phenoxy) is 2. The summed E-state index contributed by atoms with van der Waals surface area (Å²) in [6.07, 6.45) is -10.7. The minimum atomic E-state index is -5.09. The molecule has 0 saturated carbocycles. The first-order chi connectivity index (χ1) is 20.0. The van der Waals surface area contributed by atoms with E-state index in [4.69, 9.17) is 9.47 Å². The third-order valence-corrected chi connectivity index (χ3v) is 7.90. The van der Waals surface area contributed by atoms with Gasteiger partial charge in [-0.15, -0.1) is 0 Å². The number of halogens is 6. The number of aryl methyl sites for hydroxylation is 1. The van der Waals surface area contributed by atoms with Gasteiger partial charge in [0.1, 0.15) is 17.2 Å². The molecule has 12 heteroatoms. The lowest BCUT2D eigenvalue weighted by atomic mass is 10.0. The lowest BCUT2D eigenvalue weighted by molar-refractivity contribution is -0.139. The molecule has 0 aliphatic rings. The fourth-order valence-electron chi connectivity index (χ4n) is 4.05. The number of rotatable bonds is 8. The van der Waals surface area contributed by atoms with Crippen LogP contribution in [0.5, 0.6) is 17.2 Å². The van der Waals surface area contributed by atoms with Gasteiger partial charge in [0.15, 0.2) is 5.78 Å². The van der Waals surface area contributed by atoms with Crippen LogP contribution in [0.25, 0.3) is 0 Å². The topological polar surface area (TPSA) is 69.7 Å². The molecule has 0 N–H and O–H groups in total.